The number of benzene rings is 2. The molecule has 1 aliphatic carbocycles. The van der Waals surface area contributed by atoms with Crippen LogP contribution in [0.3, 0.4) is 0 Å². The van der Waals surface area contributed by atoms with Gasteiger partial charge in [-0.05, 0) is 53.3 Å². The van der Waals surface area contributed by atoms with Crippen molar-refractivity contribution in [3.05, 3.63) is 70.1 Å². The predicted octanol–water partition coefficient (Wildman–Crippen LogP) is 3.72. The van der Waals surface area contributed by atoms with E-state index in [1.165, 1.54) is 22.5 Å². The first-order valence-electron chi connectivity index (χ1n) is 9.71. The average Bonchev–Trinajstić information content (AvgIpc) is 3.42. The third-order valence-corrected chi connectivity index (χ3v) is 6.39. The minimum absolute atomic E-state index is 0.207. The van der Waals surface area contributed by atoms with Gasteiger partial charge >= 0.3 is 5.97 Å². The third kappa shape index (κ3) is 3.64. The predicted molar refractivity (Wildman–Crippen MR) is 112 cm³/mol. The molecule has 0 radical (unpaired) electrons. The highest BCUT2D eigenvalue weighted by Gasteiger charge is 2.22. The van der Waals surface area contributed by atoms with Crippen LogP contribution in [0.5, 0.6) is 11.5 Å². The van der Waals surface area contributed by atoms with E-state index in [1.54, 1.807) is 6.07 Å². The summed E-state index contributed by atoms with van der Waals surface area (Å²) in [5.41, 5.74) is 4.53. The van der Waals surface area contributed by atoms with E-state index in [0.717, 1.165) is 28.8 Å². The lowest BCUT2D eigenvalue weighted by atomic mass is 9.91. The zero-order chi connectivity index (χ0) is 20.5. The number of esters is 1. The molecule has 2 aliphatic rings. The molecule has 0 atom stereocenters. The van der Waals surface area contributed by atoms with Crippen LogP contribution in [0.25, 0.3) is 10.4 Å². The topological polar surface area (TPSA) is 73.9 Å². The molecule has 1 N–H and O–H groups in total. The van der Waals surface area contributed by atoms with Gasteiger partial charge in [0, 0.05) is 11.4 Å². The van der Waals surface area contributed by atoms with E-state index in [2.05, 4.69) is 17.4 Å². The Morgan fingerprint density at radius 2 is 1.83 bits per heavy atom. The summed E-state index contributed by atoms with van der Waals surface area (Å²) in [5.74, 6) is 0.537. The van der Waals surface area contributed by atoms with Crippen molar-refractivity contribution < 1.29 is 23.8 Å². The van der Waals surface area contributed by atoms with Gasteiger partial charge in [-0.15, -0.1) is 11.3 Å². The molecule has 0 unspecified atom stereocenters. The largest absolute Gasteiger partial charge is 0.454 e. The average molecular weight is 421 g/mol. The number of hydrogen-bond acceptors (Lipinski definition) is 6. The summed E-state index contributed by atoms with van der Waals surface area (Å²) in [4.78, 5) is 26.2. The lowest BCUT2D eigenvalue weighted by Crippen LogP contribution is -2.28. The fraction of sp³-hybridized carbons (Fsp3) is 0.217. The number of amides is 1. The summed E-state index contributed by atoms with van der Waals surface area (Å²) in [6, 6.07) is 15.6. The Balaban J connectivity index is 1.17. The molecule has 7 heteroatoms. The Kier molecular flexibility index (Phi) is 4.88. The number of thiophene rings is 1. The van der Waals surface area contributed by atoms with Gasteiger partial charge in [-0.1, -0.05) is 30.3 Å². The molecule has 0 fully saturated rings. The van der Waals surface area contributed by atoms with E-state index in [9.17, 15) is 9.59 Å². The fourth-order valence-corrected chi connectivity index (χ4v) is 4.84. The maximum atomic E-state index is 12.5. The molecule has 2 heterocycles. The van der Waals surface area contributed by atoms with Gasteiger partial charge in [0.05, 0.1) is 0 Å². The minimum atomic E-state index is -0.467. The first-order chi connectivity index (χ1) is 14.7. The van der Waals surface area contributed by atoms with Gasteiger partial charge in [0.15, 0.2) is 18.1 Å². The number of nitrogens with one attached hydrogen (secondary N) is 1. The van der Waals surface area contributed by atoms with Gasteiger partial charge < -0.3 is 19.5 Å². The Morgan fingerprint density at radius 1 is 1.00 bits per heavy atom. The first-order valence-corrected chi connectivity index (χ1v) is 10.5. The SMILES string of the molecule is O=C(COC(=O)c1cc2c(s1)-c1ccccc1CC2)NCc1ccc2c(c1)OCO2. The number of hydrogen-bond donors (Lipinski definition) is 1. The van der Waals surface area contributed by atoms with Crippen LogP contribution in [-0.2, 0) is 28.9 Å². The molecule has 1 amide bonds. The molecule has 152 valence electrons. The lowest BCUT2D eigenvalue weighted by molar-refractivity contribution is -0.124. The minimum Gasteiger partial charge on any atom is -0.454 e. The summed E-state index contributed by atoms with van der Waals surface area (Å²) in [6.07, 6.45) is 1.88. The van der Waals surface area contributed by atoms with Crippen LogP contribution in [0.15, 0.2) is 48.5 Å². The standard InChI is InChI=1S/C23H19NO5S/c25-21(24-11-14-5-8-18-19(9-14)29-13-28-18)12-27-23(26)20-10-16-7-6-15-3-1-2-4-17(15)22(16)30-20/h1-5,8-10H,6-7,11-13H2,(H,24,25). The smallest absolute Gasteiger partial charge is 0.348 e. The number of carbonyl (C=O) groups excluding carboxylic acids is 2. The molecule has 0 saturated carbocycles. The molecule has 2 aromatic carbocycles. The van der Waals surface area contributed by atoms with Gasteiger partial charge in [-0.25, -0.2) is 4.79 Å². The monoisotopic (exact) mass is 421 g/mol. The summed E-state index contributed by atoms with van der Waals surface area (Å²) in [6.45, 7) is 0.207. The van der Waals surface area contributed by atoms with Crippen LogP contribution in [0.4, 0.5) is 0 Å². The number of carbonyl (C=O) groups is 2. The second kappa shape index (κ2) is 7.84. The van der Waals surface area contributed by atoms with Crippen LogP contribution in [-0.4, -0.2) is 25.3 Å². The van der Waals surface area contributed by atoms with Crippen LogP contribution in [0.1, 0.15) is 26.4 Å². The highest BCUT2D eigenvalue weighted by molar-refractivity contribution is 7.17. The zero-order valence-corrected chi connectivity index (χ0v) is 16.9. The normalized spacial score (nSPS) is 13.3. The van der Waals surface area contributed by atoms with E-state index in [4.69, 9.17) is 14.2 Å². The number of fused-ring (bicyclic) bond motifs is 4. The number of aryl methyl sites for hydroxylation is 2. The van der Waals surface area contributed by atoms with Crippen LogP contribution in [0.2, 0.25) is 0 Å². The molecule has 5 rings (SSSR count). The molecule has 0 spiro atoms. The maximum Gasteiger partial charge on any atom is 0.348 e. The van der Waals surface area contributed by atoms with E-state index in [0.29, 0.717) is 22.9 Å². The molecule has 6 nitrogen and oxygen atoms in total. The summed E-state index contributed by atoms with van der Waals surface area (Å²) in [7, 11) is 0. The molecule has 3 aromatic rings. The van der Waals surface area contributed by atoms with E-state index >= 15 is 0 Å². The molecule has 30 heavy (non-hydrogen) atoms. The summed E-state index contributed by atoms with van der Waals surface area (Å²) >= 11 is 1.43. The second-order valence-electron chi connectivity index (χ2n) is 7.16. The second-order valence-corrected chi connectivity index (χ2v) is 8.21. The van der Waals surface area contributed by atoms with Crippen molar-refractivity contribution in [3.63, 3.8) is 0 Å². The molecule has 0 saturated heterocycles. The van der Waals surface area contributed by atoms with Crippen molar-refractivity contribution in [2.75, 3.05) is 13.4 Å². The first kappa shape index (κ1) is 18.7. The van der Waals surface area contributed by atoms with Crippen LogP contribution >= 0.6 is 11.3 Å². The Hall–Kier alpha value is -3.32. The van der Waals surface area contributed by atoms with Crippen molar-refractivity contribution in [3.8, 4) is 21.9 Å². The van der Waals surface area contributed by atoms with Gasteiger partial charge in [0.1, 0.15) is 4.88 Å². The quantitative estimate of drug-likeness (QED) is 0.636. The molecular formula is C23H19NO5S. The highest BCUT2D eigenvalue weighted by Crippen LogP contribution is 2.39. The highest BCUT2D eigenvalue weighted by atomic mass is 32.1. The summed E-state index contributed by atoms with van der Waals surface area (Å²) < 4.78 is 15.8. The Bertz CT molecular complexity index is 1140. The van der Waals surface area contributed by atoms with Gasteiger partial charge in [-0.3, -0.25) is 4.79 Å². The third-order valence-electron chi connectivity index (χ3n) is 5.20. The Labute approximate surface area is 177 Å². The number of rotatable bonds is 5. The molecule has 1 aromatic heterocycles. The maximum absolute atomic E-state index is 12.5. The zero-order valence-electron chi connectivity index (χ0n) is 16.1. The van der Waals surface area contributed by atoms with Crippen molar-refractivity contribution in [1.29, 1.82) is 0 Å². The van der Waals surface area contributed by atoms with Crippen LogP contribution < -0.4 is 14.8 Å². The fourth-order valence-electron chi connectivity index (χ4n) is 3.68. The van der Waals surface area contributed by atoms with Gasteiger partial charge in [-0.2, -0.15) is 0 Å². The van der Waals surface area contributed by atoms with Gasteiger partial charge in [0.2, 0.25) is 6.79 Å². The van der Waals surface area contributed by atoms with Crippen molar-refractivity contribution in [1.82, 2.24) is 5.32 Å². The molecule has 0 bridgehead atoms. The number of ether oxygens (including phenoxy) is 3. The van der Waals surface area contributed by atoms with E-state index < -0.39 is 5.97 Å². The van der Waals surface area contributed by atoms with Crippen LogP contribution in [0, 0.1) is 0 Å². The van der Waals surface area contributed by atoms with Gasteiger partial charge in [0.25, 0.3) is 5.91 Å². The lowest BCUT2D eigenvalue weighted by Gasteiger charge is -2.15. The van der Waals surface area contributed by atoms with E-state index in [1.807, 2.05) is 30.3 Å². The molecule has 1 aliphatic heterocycles. The Morgan fingerprint density at radius 3 is 2.77 bits per heavy atom. The summed E-state index contributed by atoms with van der Waals surface area (Å²) in [5, 5.41) is 2.75. The molecular weight excluding hydrogens is 402 g/mol. The van der Waals surface area contributed by atoms with Crippen molar-refractivity contribution in [2.45, 2.75) is 19.4 Å². The van der Waals surface area contributed by atoms with E-state index in [-0.39, 0.29) is 19.3 Å². The van der Waals surface area contributed by atoms with Crippen molar-refractivity contribution >= 4 is 23.2 Å². The van der Waals surface area contributed by atoms with Crippen molar-refractivity contribution in [2.24, 2.45) is 0 Å².